The molecule has 6 nitrogen and oxygen atoms in total. The van der Waals surface area contributed by atoms with Crippen molar-refractivity contribution in [1.29, 1.82) is 0 Å². The fraction of sp³-hybridized carbons (Fsp3) is 0.370. The zero-order valence-electron chi connectivity index (χ0n) is 19.6. The average Bonchev–Trinajstić information content (AvgIpc) is 2.84. The molecule has 1 aromatic heterocycles. The first kappa shape index (κ1) is 22.5. The van der Waals surface area contributed by atoms with E-state index >= 15 is 0 Å². The number of anilines is 1. The summed E-state index contributed by atoms with van der Waals surface area (Å²) in [6, 6.07) is 16.1. The monoisotopic (exact) mass is 460 g/mol. The van der Waals surface area contributed by atoms with E-state index in [1.54, 1.807) is 12.1 Å². The molecular weight excluding hydrogens is 431 g/mol. The molecule has 3 aromatic rings. The number of carbonyl (C=O) groups is 1. The Morgan fingerprint density at radius 1 is 1.03 bits per heavy atom. The molecule has 34 heavy (non-hydrogen) atoms. The Hall–Kier alpha value is -3.32. The van der Waals surface area contributed by atoms with E-state index in [0.29, 0.717) is 25.3 Å². The number of rotatable bonds is 4. The predicted molar refractivity (Wildman–Crippen MR) is 129 cm³/mol. The van der Waals surface area contributed by atoms with Gasteiger partial charge < -0.3 is 14.5 Å². The molecule has 2 aliphatic heterocycles. The molecule has 2 aliphatic rings. The highest BCUT2D eigenvalue weighted by Gasteiger charge is 2.31. The van der Waals surface area contributed by atoms with Gasteiger partial charge in [-0.15, -0.1) is 0 Å². The topological polar surface area (TPSA) is 58.6 Å². The molecule has 0 bridgehead atoms. The van der Waals surface area contributed by atoms with E-state index in [4.69, 9.17) is 14.7 Å². The SMILES string of the molecule is CC1CN(c2nc(-c3ccccc3)nc3c2CN(C(=O)Cc2ccc(F)cc2)CC3)CC(C)O1. The van der Waals surface area contributed by atoms with Crippen LogP contribution in [0.5, 0.6) is 0 Å². The molecule has 7 heteroatoms. The third-order valence-corrected chi connectivity index (χ3v) is 6.41. The second kappa shape index (κ2) is 9.50. The average molecular weight is 461 g/mol. The summed E-state index contributed by atoms with van der Waals surface area (Å²) in [5.74, 6) is 1.34. The maximum absolute atomic E-state index is 13.3. The fourth-order valence-electron chi connectivity index (χ4n) is 4.83. The van der Waals surface area contributed by atoms with Crippen LogP contribution in [-0.2, 0) is 28.9 Å². The highest BCUT2D eigenvalue weighted by atomic mass is 19.1. The van der Waals surface area contributed by atoms with E-state index in [0.717, 1.165) is 41.3 Å². The molecule has 3 heterocycles. The molecule has 2 unspecified atom stereocenters. The standard InChI is InChI=1S/C27H29FN4O2/c1-18-15-32(16-19(2)34-18)27-23-17-31(25(33)14-20-8-10-22(28)11-9-20)13-12-24(23)29-26(30-27)21-6-4-3-5-7-21/h3-11,18-19H,12-17H2,1-2H3. The van der Waals surface area contributed by atoms with E-state index in [-0.39, 0.29) is 30.4 Å². The highest BCUT2D eigenvalue weighted by molar-refractivity contribution is 5.79. The van der Waals surface area contributed by atoms with Crippen molar-refractivity contribution in [3.05, 3.63) is 77.2 Å². The number of halogens is 1. The molecule has 176 valence electrons. The lowest BCUT2D eigenvalue weighted by Crippen LogP contribution is -2.47. The van der Waals surface area contributed by atoms with Gasteiger partial charge in [0.25, 0.3) is 0 Å². The minimum Gasteiger partial charge on any atom is -0.372 e. The van der Waals surface area contributed by atoms with E-state index in [9.17, 15) is 9.18 Å². The first-order chi connectivity index (χ1) is 16.5. The number of morpholine rings is 1. The van der Waals surface area contributed by atoms with Gasteiger partial charge in [-0.2, -0.15) is 0 Å². The Balaban J connectivity index is 1.47. The Kier molecular flexibility index (Phi) is 6.28. The summed E-state index contributed by atoms with van der Waals surface area (Å²) in [5, 5.41) is 0. The molecule has 2 atom stereocenters. The smallest absolute Gasteiger partial charge is 0.227 e. The molecule has 1 amide bonds. The summed E-state index contributed by atoms with van der Waals surface area (Å²) in [6.07, 6.45) is 1.11. The van der Waals surface area contributed by atoms with Crippen LogP contribution in [0.25, 0.3) is 11.4 Å². The van der Waals surface area contributed by atoms with Crippen molar-refractivity contribution in [3.63, 3.8) is 0 Å². The lowest BCUT2D eigenvalue weighted by Gasteiger charge is -2.39. The normalized spacial score (nSPS) is 20.2. The first-order valence-corrected chi connectivity index (χ1v) is 11.8. The van der Waals surface area contributed by atoms with Crippen molar-refractivity contribution < 1.29 is 13.9 Å². The first-order valence-electron chi connectivity index (χ1n) is 11.8. The number of nitrogens with zero attached hydrogens (tertiary/aromatic N) is 4. The quantitative estimate of drug-likeness (QED) is 0.589. The number of aromatic nitrogens is 2. The van der Waals surface area contributed by atoms with Gasteiger partial charge in [-0.25, -0.2) is 14.4 Å². The van der Waals surface area contributed by atoms with Gasteiger partial charge in [-0.05, 0) is 31.5 Å². The van der Waals surface area contributed by atoms with Gasteiger partial charge in [0.2, 0.25) is 5.91 Å². The van der Waals surface area contributed by atoms with Crippen molar-refractivity contribution in [2.75, 3.05) is 24.5 Å². The minimum atomic E-state index is -0.298. The predicted octanol–water partition coefficient (Wildman–Crippen LogP) is 4.02. The van der Waals surface area contributed by atoms with Gasteiger partial charge in [0.1, 0.15) is 11.6 Å². The second-order valence-electron chi connectivity index (χ2n) is 9.19. The van der Waals surface area contributed by atoms with Crippen LogP contribution in [0.3, 0.4) is 0 Å². The summed E-state index contributed by atoms with van der Waals surface area (Å²) in [7, 11) is 0. The number of benzene rings is 2. The maximum Gasteiger partial charge on any atom is 0.227 e. The van der Waals surface area contributed by atoms with Gasteiger partial charge in [0, 0.05) is 37.2 Å². The molecule has 0 spiro atoms. The Labute approximate surface area is 199 Å². The number of carbonyl (C=O) groups excluding carboxylic acids is 1. The maximum atomic E-state index is 13.3. The second-order valence-corrected chi connectivity index (χ2v) is 9.19. The van der Waals surface area contributed by atoms with E-state index in [2.05, 4.69) is 18.7 Å². The summed E-state index contributed by atoms with van der Waals surface area (Å²) in [6.45, 7) is 6.71. The van der Waals surface area contributed by atoms with Gasteiger partial charge in [0.15, 0.2) is 5.82 Å². The fourth-order valence-corrected chi connectivity index (χ4v) is 4.83. The van der Waals surface area contributed by atoms with Gasteiger partial charge in [-0.3, -0.25) is 4.79 Å². The number of fused-ring (bicyclic) bond motifs is 1. The number of hydrogen-bond acceptors (Lipinski definition) is 5. The summed E-state index contributed by atoms with van der Waals surface area (Å²) in [4.78, 5) is 27.2. The Morgan fingerprint density at radius 3 is 2.44 bits per heavy atom. The summed E-state index contributed by atoms with van der Waals surface area (Å²) < 4.78 is 19.2. The van der Waals surface area contributed by atoms with Crippen molar-refractivity contribution in [3.8, 4) is 11.4 Å². The van der Waals surface area contributed by atoms with Crippen molar-refractivity contribution in [2.45, 2.75) is 45.4 Å². The van der Waals surface area contributed by atoms with Crippen LogP contribution in [0.15, 0.2) is 54.6 Å². The van der Waals surface area contributed by atoms with Crippen molar-refractivity contribution in [2.24, 2.45) is 0 Å². The Bertz CT molecular complexity index is 1160. The van der Waals surface area contributed by atoms with Crippen LogP contribution in [0, 0.1) is 5.82 Å². The van der Waals surface area contributed by atoms with Gasteiger partial charge >= 0.3 is 0 Å². The van der Waals surface area contributed by atoms with Crippen molar-refractivity contribution in [1.82, 2.24) is 14.9 Å². The van der Waals surface area contributed by atoms with E-state index < -0.39 is 0 Å². The largest absolute Gasteiger partial charge is 0.372 e. The molecule has 0 aliphatic carbocycles. The molecule has 5 rings (SSSR count). The van der Waals surface area contributed by atoms with E-state index in [1.807, 2.05) is 35.2 Å². The molecule has 0 saturated carbocycles. The van der Waals surface area contributed by atoms with Crippen LogP contribution in [0.4, 0.5) is 10.2 Å². The molecular formula is C27H29FN4O2. The van der Waals surface area contributed by atoms with Gasteiger partial charge in [0.05, 0.1) is 30.9 Å². The molecule has 2 aromatic carbocycles. The zero-order chi connectivity index (χ0) is 23.7. The third-order valence-electron chi connectivity index (χ3n) is 6.41. The third kappa shape index (κ3) is 4.80. The number of amides is 1. The van der Waals surface area contributed by atoms with E-state index in [1.165, 1.54) is 12.1 Å². The zero-order valence-corrected chi connectivity index (χ0v) is 19.6. The van der Waals surface area contributed by atoms with Crippen LogP contribution >= 0.6 is 0 Å². The molecule has 0 radical (unpaired) electrons. The number of ether oxygens (including phenoxy) is 1. The highest BCUT2D eigenvalue weighted by Crippen LogP contribution is 2.31. The number of hydrogen-bond donors (Lipinski definition) is 0. The molecule has 0 N–H and O–H groups in total. The van der Waals surface area contributed by atoms with Gasteiger partial charge in [-0.1, -0.05) is 42.5 Å². The molecule has 1 fully saturated rings. The Morgan fingerprint density at radius 2 is 1.74 bits per heavy atom. The van der Waals surface area contributed by atoms with Crippen molar-refractivity contribution >= 4 is 11.7 Å². The van der Waals surface area contributed by atoms with Crippen LogP contribution in [-0.4, -0.2) is 52.6 Å². The molecule has 1 saturated heterocycles. The van der Waals surface area contributed by atoms with Crippen LogP contribution in [0.1, 0.15) is 30.7 Å². The lowest BCUT2D eigenvalue weighted by atomic mass is 10.0. The summed E-state index contributed by atoms with van der Waals surface area (Å²) in [5.41, 5.74) is 3.81. The minimum absolute atomic E-state index is 0.0269. The van der Waals surface area contributed by atoms with Crippen LogP contribution in [0.2, 0.25) is 0 Å². The summed E-state index contributed by atoms with van der Waals surface area (Å²) >= 11 is 0. The van der Waals surface area contributed by atoms with Crippen LogP contribution < -0.4 is 4.90 Å². The lowest BCUT2D eigenvalue weighted by molar-refractivity contribution is -0.131.